The number of halogens is 3. The first-order valence-corrected chi connectivity index (χ1v) is 9.76. The lowest BCUT2D eigenvalue weighted by Gasteiger charge is -2.30. The summed E-state index contributed by atoms with van der Waals surface area (Å²) in [4.78, 5) is 30.3. The number of pyridine rings is 1. The van der Waals surface area contributed by atoms with Crippen LogP contribution in [0.15, 0.2) is 18.3 Å². The molecule has 0 spiro atoms. The van der Waals surface area contributed by atoms with Crippen LogP contribution in [0, 0.1) is 12.8 Å². The molecule has 0 fully saturated rings. The third-order valence-electron chi connectivity index (χ3n) is 5.88. The third kappa shape index (κ3) is 3.67. The number of fused-ring (bicyclic) bond motifs is 2. The largest absolute Gasteiger partial charge is 0.392 e. The van der Waals surface area contributed by atoms with Gasteiger partial charge in [0, 0.05) is 31.4 Å². The van der Waals surface area contributed by atoms with Gasteiger partial charge in [0.1, 0.15) is 17.1 Å². The highest BCUT2D eigenvalue weighted by atomic mass is 19.4. The SMILES string of the molecule is Cc1cc2n(n1)CC[C@@H](C1OC(C)(CC(F)(F)F)c3cc(C(N)=O)ncc31)C(=O)N2C. The van der Waals surface area contributed by atoms with Crippen molar-refractivity contribution in [1.82, 2.24) is 14.8 Å². The highest BCUT2D eigenvalue weighted by Gasteiger charge is 2.52. The van der Waals surface area contributed by atoms with E-state index in [1.807, 2.05) is 6.92 Å². The zero-order chi connectivity index (χ0) is 22.7. The van der Waals surface area contributed by atoms with Crippen LogP contribution in [0.5, 0.6) is 0 Å². The van der Waals surface area contributed by atoms with Crippen molar-refractivity contribution in [2.45, 2.75) is 51.1 Å². The minimum Gasteiger partial charge on any atom is -0.364 e. The molecule has 0 saturated heterocycles. The highest BCUT2D eigenvalue weighted by Crippen LogP contribution is 2.52. The highest BCUT2D eigenvalue weighted by molar-refractivity contribution is 5.95. The second kappa shape index (κ2) is 7.04. The molecule has 166 valence electrons. The molecule has 2 aromatic rings. The Balaban J connectivity index is 1.75. The molecule has 3 atom stereocenters. The second-order valence-electron chi connectivity index (χ2n) is 8.24. The summed E-state index contributed by atoms with van der Waals surface area (Å²) in [5.41, 5.74) is 4.64. The number of rotatable bonds is 3. The van der Waals surface area contributed by atoms with Gasteiger partial charge in [-0.25, -0.2) is 4.68 Å². The lowest BCUT2D eigenvalue weighted by molar-refractivity contribution is -0.197. The Labute approximate surface area is 176 Å². The van der Waals surface area contributed by atoms with Crippen LogP contribution in [0.2, 0.25) is 0 Å². The number of nitrogens with zero attached hydrogens (tertiary/aromatic N) is 4. The van der Waals surface area contributed by atoms with Gasteiger partial charge in [-0.1, -0.05) is 0 Å². The molecule has 2 aliphatic rings. The van der Waals surface area contributed by atoms with E-state index in [1.54, 1.807) is 17.8 Å². The topological polar surface area (TPSA) is 103 Å². The fourth-order valence-corrected chi connectivity index (χ4v) is 4.50. The summed E-state index contributed by atoms with van der Waals surface area (Å²) in [6.45, 7) is 3.53. The van der Waals surface area contributed by atoms with E-state index in [2.05, 4.69) is 10.1 Å². The quantitative estimate of drug-likeness (QED) is 0.795. The van der Waals surface area contributed by atoms with Crippen molar-refractivity contribution in [3.05, 3.63) is 40.8 Å². The average Bonchev–Trinajstić information content (AvgIpc) is 3.13. The van der Waals surface area contributed by atoms with Crippen molar-refractivity contribution in [1.29, 1.82) is 0 Å². The molecule has 4 heterocycles. The van der Waals surface area contributed by atoms with Gasteiger partial charge in [-0.05, 0) is 31.9 Å². The molecule has 0 aliphatic carbocycles. The predicted octanol–water partition coefficient (Wildman–Crippen LogP) is 2.61. The number of carbonyl (C=O) groups is 2. The van der Waals surface area contributed by atoms with Crippen LogP contribution in [0.3, 0.4) is 0 Å². The monoisotopic (exact) mass is 437 g/mol. The Morgan fingerprint density at radius 3 is 2.74 bits per heavy atom. The Kier molecular flexibility index (Phi) is 4.84. The molecule has 2 unspecified atom stereocenters. The van der Waals surface area contributed by atoms with Crippen molar-refractivity contribution >= 4 is 17.6 Å². The molecule has 2 amide bonds. The zero-order valence-corrected chi connectivity index (χ0v) is 17.2. The number of amides is 2. The van der Waals surface area contributed by atoms with Crippen LogP contribution in [0.4, 0.5) is 19.0 Å². The summed E-state index contributed by atoms with van der Waals surface area (Å²) in [6, 6.07) is 3.01. The van der Waals surface area contributed by atoms with Crippen molar-refractivity contribution in [3.8, 4) is 0 Å². The van der Waals surface area contributed by atoms with E-state index >= 15 is 0 Å². The van der Waals surface area contributed by atoms with E-state index in [9.17, 15) is 22.8 Å². The number of primary amides is 1. The molecular formula is C20H22F3N5O3. The Bertz CT molecular complexity index is 1070. The number of aryl methyl sites for hydroxylation is 2. The molecule has 0 radical (unpaired) electrons. The smallest absolute Gasteiger partial charge is 0.364 e. The molecule has 31 heavy (non-hydrogen) atoms. The minimum atomic E-state index is -4.53. The molecule has 11 heteroatoms. The lowest BCUT2D eigenvalue weighted by Crippen LogP contribution is -2.36. The molecule has 2 aliphatic heterocycles. The number of hydrogen-bond acceptors (Lipinski definition) is 5. The lowest BCUT2D eigenvalue weighted by atomic mass is 9.87. The predicted molar refractivity (Wildman–Crippen MR) is 103 cm³/mol. The van der Waals surface area contributed by atoms with Crippen molar-refractivity contribution in [3.63, 3.8) is 0 Å². The first-order chi connectivity index (χ1) is 14.4. The molecule has 2 N–H and O–H groups in total. The van der Waals surface area contributed by atoms with Gasteiger partial charge in [0.25, 0.3) is 5.91 Å². The standard InChI is InChI=1S/C20H22F3N5O3/c1-10-6-15-27(3)18(30)11(4-5-28(15)26-10)16-12-8-25-14(17(24)29)7-13(12)19(2,31-16)9-20(21,22)23/h6-8,11,16H,4-5,9H2,1-3H3,(H2,24,29)/t11-,16?,19?/m0/s1. The van der Waals surface area contributed by atoms with Crippen molar-refractivity contribution in [2.24, 2.45) is 11.7 Å². The first kappa shape index (κ1) is 21.3. The normalized spacial score (nSPS) is 25.9. The maximum atomic E-state index is 13.4. The first-order valence-electron chi connectivity index (χ1n) is 9.76. The number of hydrogen-bond donors (Lipinski definition) is 1. The third-order valence-corrected chi connectivity index (χ3v) is 5.88. The summed E-state index contributed by atoms with van der Waals surface area (Å²) in [5, 5.41) is 4.38. The molecule has 0 saturated carbocycles. The van der Waals surface area contributed by atoms with Crippen molar-refractivity contribution in [2.75, 3.05) is 11.9 Å². The van der Waals surface area contributed by atoms with Crippen LogP contribution in [0.25, 0.3) is 0 Å². The van der Waals surface area contributed by atoms with Crippen LogP contribution >= 0.6 is 0 Å². The van der Waals surface area contributed by atoms with E-state index in [0.29, 0.717) is 24.3 Å². The number of nitrogens with two attached hydrogens (primary N) is 1. The van der Waals surface area contributed by atoms with Gasteiger partial charge in [0.15, 0.2) is 0 Å². The molecule has 0 bridgehead atoms. The molecular weight excluding hydrogens is 415 g/mol. The number of ether oxygens (including phenoxy) is 1. The van der Waals surface area contributed by atoms with Crippen LogP contribution in [0.1, 0.15) is 53.2 Å². The Morgan fingerprint density at radius 2 is 2.10 bits per heavy atom. The van der Waals surface area contributed by atoms with Gasteiger partial charge < -0.3 is 10.5 Å². The summed E-state index contributed by atoms with van der Waals surface area (Å²) in [5.74, 6) is -1.28. The van der Waals surface area contributed by atoms with Crippen LogP contribution in [-0.4, -0.2) is 39.8 Å². The molecule has 4 rings (SSSR count). The van der Waals surface area contributed by atoms with Gasteiger partial charge in [-0.15, -0.1) is 0 Å². The Morgan fingerprint density at radius 1 is 1.39 bits per heavy atom. The molecule has 2 aromatic heterocycles. The van der Waals surface area contributed by atoms with Gasteiger partial charge in [0.2, 0.25) is 5.91 Å². The van der Waals surface area contributed by atoms with Gasteiger partial charge >= 0.3 is 6.18 Å². The van der Waals surface area contributed by atoms with E-state index in [4.69, 9.17) is 10.5 Å². The van der Waals surface area contributed by atoms with Crippen LogP contribution in [-0.2, 0) is 21.7 Å². The van der Waals surface area contributed by atoms with Gasteiger partial charge in [0.05, 0.1) is 24.1 Å². The summed E-state index contributed by atoms with van der Waals surface area (Å²) in [7, 11) is 1.60. The van der Waals surface area contributed by atoms with E-state index in [-0.39, 0.29) is 17.2 Å². The molecule has 0 aromatic carbocycles. The van der Waals surface area contributed by atoms with E-state index < -0.39 is 36.1 Å². The summed E-state index contributed by atoms with van der Waals surface area (Å²) >= 11 is 0. The average molecular weight is 437 g/mol. The fourth-order valence-electron chi connectivity index (χ4n) is 4.50. The summed E-state index contributed by atoms with van der Waals surface area (Å²) < 4.78 is 47.8. The van der Waals surface area contributed by atoms with E-state index in [0.717, 1.165) is 5.69 Å². The fraction of sp³-hybridized carbons (Fsp3) is 0.500. The number of aromatic nitrogens is 3. The van der Waals surface area contributed by atoms with Gasteiger partial charge in [-0.2, -0.15) is 18.3 Å². The number of anilines is 1. The summed E-state index contributed by atoms with van der Waals surface area (Å²) in [6.07, 6.45) is -5.13. The minimum absolute atomic E-state index is 0.156. The number of alkyl halides is 3. The van der Waals surface area contributed by atoms with Gasteiger partial charge in [-0.3, -0.25) is 19.5 Å². The Hall–Kier alpha value is -2.95. The zero-order valence-electron chi connectivity index (χ0n) is 17.2. The maximum Gasteiger partial charge on any atom is 0.392 e. The maximum absolute atomic E-state index is 13.4. The van der Waals surface area contributed by atoms with Crippen LogP contribution < -0.4 is 10.6 Å². The second-order valence-corrected chi connectivity index (χ2v) is 8.24. The number of carbonyl (C=O) groups excluding carboxylic acids is 2. The van der Waals surface area contributed by atoms with E-state index in [1.165, 1.54) is 24.1 Å². The molecule has 8 nitrogen and oxygen atoms in total. The van der Waals surface area contributed by atoms with Crippen molar-refractivity contribution < 1.29 is 27.5 Å².